The number of benzene rings is 1. The summed E-state index contributed by atoms with van der Waals surface area (Å²) in [6.45, 7) is 3.70. The first-order chi connectivity index (χ1) is 9.08. The summed E-state index contributed by atoms with van der Waals surface area (Å²) in [6.07, 6.45) is 1.30. The predicted octanol–water partition coefficient (Wildman–Crippen LogP) is 1.76. The Morgan fingerprint density at radius 1 is 1.47 bits per heavy atom. The quantitative estimate of drug-likeness (QED) is 0.558. The molecule has 0 spiro atoms. The Morgan fingerprint density at radius 2 is 2.16 bits per heavy atom. The minimum absolute atomic E-state index is 0.155. The molecule has 0 radical (unpaired) electrons. The lowest BCUT2D eigenvalue weighted by Gasteiger charge is -2.28. The fourth-order valence-corrected chi connectivity index (χ4v) is 2.83. The van der Waals surface area contributed by atoms with Crippen LogP contribution >= 0.6 is 0 Å². The average molecular weight is 261 g/mol. The highest BCUT2D eigenvalue weighted by Crippen LogP contribution is 2.31. The van der Waals surface area contributed by atoms with Crippen molar-refractivity contribution < 1.29 is 5.11 Å². The van der Waals surface area contributed by atoms with Crippen LogP contribution in [0.3, 0.4) is 0 Å². The minimum atomic E-state index is -0.265. The Balaban J connectivity index is 2.13. The molecule has 4 heteroatoms. The smallest absolute Gasteiger partial charge is 0.0924 e. The Kier molecular flexibility index (Phi) is 4.56. The second kappa shape index (κ2) is 6.17. The van der Waals surface area contributed by atoms with Gasteiger partial charge in [0.15, 0.2) is 0 Å². The molecule has 1 heterocycles. The fourth-order valence-electron chi connectivity index (χ4n) is 2.83. The van der Waals surface area contributed by atoms with E-state index in [4.69, 9.17) is 11.1 Å². The molecule has 0 saturated carbocycles. The zero-order valence-corrected chi connectivity index (χ0v) is 11.4. The van der Waals surface area contributed by atoms with Crippen molar-refractivity contribution in [3.05, 3.63) is 35.9 Å². The van der Waals surface area contributed by atoms with E-state index < -0.39 is 0 Å². The number of nitrogens with two attached hydrogens (primary N) is 1. The highest BCUT2D eigenvalue weighted by Gasteiger charge is 2.31. The van der Waals surface area contributed by atoms with Crippen molar-refractivity contribution in [1.29, 1.82) is 5.41 Å². The Morgan fingerprint density at radius 3 is 2.68 bits per heavy atom. The first-order valence-corrected chi connectivity index (χ1v) is 6.88. The number of aliphatic hydroxyl groups is 1. The van der Waals surface area contributed by atoms with E-state index in [0.717, 1.165) is 19.5 Å². The average Bonchev–Trinajstić information content (AvgIpc) is 2.86. The SMILES string of the molecule is CC(O)C1CCN(C(CC(=N)N)c2ccccc2)C1. The maximum absolute atomic E-state index is 9.71. The first-order valence-electron chi connectivity index (χ1n) is 6.88. The van der Waals surface area contributed by atoms with Gasteiger partial charge in [0, 0.05) is 19.0 Å². The molecule has 0 aromatic heterocycles. The van der Waals surface area contributed by atoms with Crippen molar-refractivity contribution >= 4 is 5.84 Å². The summed E-state index contributed by atoms with van der Waals surface area (Å²) < 4.78 is 0. The van der Waals surface area contributed by atoms with Crippen LogP contribution in [0.5, 0.6) is 0 Å². The van der Waals surface area contributed by atoms with E-state index in [9.17, 15) is 5.11 Å². The number of nitrogens with zero attached hydrogens (tertiary/aromatic N) is 1. The lowest BCUT2D eigenvalue weighted by molar-refractivity contribution is 0.122. The molecule has 0 bridgehead atoms. The normalized spacial score (nSPS) is 23.2. The molecule has 0 amide bonds. The molecular formula is C15H23N3O. The number of hydrogen-bond donors (Lipinski definition) is 3. The Labute approximate surface area is 114 Å². The molecule has 3 atom stereocenters. The summed E-state index contributed by atoms with van der Waals surface area (Å²) in [5.74, 6) is 0.549. The molecule has 3 unspecified atom stereocenters. The standard InChI is InChI=1S/C15H23N3O/c1-11(19)13-7-8-18(10-13)14(9-15(16)17)12-5-3-2-4-6-12/h2-6,11,13-14,19H,7-10H2,1H3,(H3,16,17). The van der Waals surface area contributed by atoms with Gasteiger partial charge in [-0.25, -0.2) is 0 Å². The van der Waals surface area contributed by atoms with Crippen molar-refractivity contribution in [3.8, 4) is 0 Å². The van der Waals surface area contributed by atoms with E-state index in [-0.39, 0.29) is 18.0 Å². The molecular weight excluding hydrogens is 238 g/mol. The number of likely N-dealkylation sites (tertiary alicyclic amines) is 1. The summed E-state index contributed by atoms with van der Waals surface area (Å²) in [5, 5.41) is 17.3. The second-order valence-electron chi connectivity index (χ2n) is 5.44. The van der Waals surface area contributed by atoms with Crippen LogP contribution in [0, 0.1) is 11.3 Å². The summed E-state index contributed by atoms with van der Waals surface area (Å²) in [4.78, 5) is 2.34. The number of rotatable bonds is 5. The fraction of sp³-hybridized carbons (Fsp3) is 0.533. The molecule has 0 aliphatic carbocycles. The van der Waals surface area contributed by atoms with Crippen LogP contribution in [0.25, 0.3) is 0 Å². The van der Waals surface area contributed by atoms with Crippen LogP contribution in [0.15, 0.2) is 30.3 Å². The van der Waals surface area contributed by atoms with Gasteiger partial charge in [-0.3, -0.25) is 10.3 Å². The van der Waals surface area contributed by atoms with Crippen LogP contribution in [0.4, 0.5) is 0 Å². The Hall–Kier alpha value is -1.39. The molecule has 1 aliphatic rings. The van der Waals surface area contributed by atoms with Gasteiger partial charge < -0.3 is 10.8 Å². The van der Waals surface area contributed by atoms with Gasteiger partial charge in [0.05, 0.1) is 11.9 Å². The molecule has 1 saturated heterocycles. The summed E-state index contributed by atoms with van der Waals surface area (Å²) in [7, 11) is 0. The highest BCUT2D eigenvalue weighted by molar-refractivity contribution is 5.77. The minimum Gasteiger partial charge on any atom is -0.393 e. The van der Waals surface area contributed by atoms with Gasteiger partial charge in [-0.2, -0.15) is 0 Å². The van der Waals surface area contributed by atoms with Crippen molar-refractivity contribution in [2.24, 2.45) is 11.7 Å². The van der Waals surface area contributed by atoms with E-state index in [1.807, 2.05) is 25.1 Å². The van der Waals surface area contributed by atoms with Crippen LogP contribution < -0.4 is 5.73 Å². The number of amidine groups is 1. The zero-order valence-electron chi connectivity index (χ0n) is 11.4. The molecule has 1 aromatic carbocycles. The van der Waals surface area contributed by atoms with Gasteiger partial charge in [-0.05, 0) is 31.4 Å². The lowest BCUT2D eigenvalue weighted by atomic mass is 10.0. The summed E-state index contributed by atoms with van der Waals surface area (Å²) in [6, 6.07) is 10.4. The molecule has 19 heavy (non-hydrogen) atoms. The monoisotopic (exact) mass is 261 g/mol. The zero-order chi connectivity index (χ0) is 13.8. The maximum atomic E-state index is 9.71. The molecule has 1 aliphatic heterocycles. The van der Waals surface area contributed by atoms with Crippen LogP contribution in [0.1, 0.15) is 31.4 Å². The third-order valence-electron chi connectivity index (χ3n) is 3.98. The van der Waals surface area contributed by atoms with Crippen molar-refractivity contribution in [2.45, 2.75) is 31.9 Å². The van der Waals surface area contributed by atoms with Gasteiger partial charge >= 0.3 is 0 Å². The van der Waals surface area contributed by atoms with Gasteiger partial charge in [-0.1, -0.05) is 30.3 Å². The van der Waals surface area contributed by atoms with E-state index in [0.29, 0.717) is 12.3 Å². The van der Waals surface area contributed by atoms with Gasteiger partial charge in [0.25, 0.3) is 0 Å². The predicted molar refractivity (Wildman–Crippen MR) is 77.1 cm³/mol. The van der Waals surface area contributed by atoms with Crippen molar-refractivity contribution in [3.63, 3.8) is 0 Å². The molecule has 104 valence electrons. The number of nitrogens with one attached hydrogen (secondary N) is 1. The molecule has 1 fully saturated rings. The third-order valence-corrected chi connectivity index (χ3v) is 3.98. The summed E-state index contributed by atoms with van der Waals surface area (Å²) in [5.41, 5.74) is 6.80. The van der Waals surface area contributed by atoms with Gasteiger partial charge in [0.2, 0.25) is 0 Å². The van der Waals surface area contributed by atoms with E-state index in [1.165, 1.54) is 5.56 Å². The van der Waals surface area contributed by atoms with E-state index in [1.54, 1.807) is 0 Å². The lowest BCUT2D eigenvalue weighted by Crippen LogP contribution is -2.31. The van der Waals surface area contributed by atoms with Crippen molar-refractivity contribution in [1.82, 2.24) is 4.90 Å². The number of aliphatic hydroxyl groups excluding tert-OH is 1. The van der Waals surface area contributed by atoms with Crippen LogP contribution in [-0.2, 0) is 0 Å². The van der Waals surface area contributed by atoms with Crippen LogP contribution in [-0.4, -0.2) is 35.0 Å². The van der Waals surface area contributed by atoms with Crippen molar-refractivity contribution in [2.75, 3.05) is 13.1 Å². The molecule has 4 N–H and O–H groups in total. The van der Waals surface area contributed by atoms with Gasteiger partial charge in [0.1, 0.15) is 0 Å². The largest absolute Gasteiger partial charge is 0.393 e. The van der Waals surface area contributed by atoms with Gasteiger partial charge in [-0.15, -0.1) is 0 Å². The summed E-state index contributed by atoms with van der Waals surface area (Å²) >= 11 is 0. The second-order valence-corrected chi connectivity index (χ2v) is 5.44. The van der Waals surface area contributed by atoms with E-state index in [2.05, 4.69) is 17.0 Å². The topological polar surface area (TPSA) is 73.3 Å². The molecule has 2 rings (SSSR count). The number of hydrogen-bond acceptors (Lipinski definition) is 3. The first kappa shape index (κ1) is 14.0. The third kappa shape index (κ3) is 3.55. The maximum Gasteiger partial charge on any atom is 0.0924 e. The molecule has 4 nitrogen and oxygen atoms in total. The highest BCUT2D eigenvalue weighted by atomic mass is 16.3. The van der Waals surface area contributed by atoms with E-state index >= 15 is 0 Å². The van der Waals surface area contributed by atoms with Crippen LogP contribution in [0.2, 0.25) is 0 Å². The Bertz CT molecular complexity index is 419. The molecule has 1 aromatic rings.